The van der Waals surface area contributed by atoms with Crippen LogP contribution in [0.4, 0.5) is 0 Å². The molecule has 4 saturated carbocycles. The Morgan fingerprint density at radius 2 is 1.38 bits per heavy atom. The molecule has 0 N–H and O–H groups in total. The average molecular weight is 219 g/mol. The number of rotatable bonds is 1. The van der Waals surface area contributed by atoms with Crippen molar-refractivity contribution in [3.05, 3.63) is 0 Å². The van der Waals surface area contributed by atoms with Crippen LogP contribution in [0.2, 0.25) is 0 Å². The van der Waals surface area contributed by atoms with E-state index in [0.29, 0.717) is 0 Å². The zero-order valence-corrected chi connectivity index (χ0v) is 9.24. The first-order chi connectivity index (χ1) is 6.18. The van der Waals surface area contributed by atoms with E-state index in [-0.39, 0.29) is 4.75 Å². The van der Waals surface area contributed by atoms with Crippen LogP contribution >= 0.6 is 10.7 Å². The van der Waals surface area contributed by atoms with Crippen LogP contribution in [0.3, 0.4) is 0 Å². The molecule has 0 aromatic carbocycles. The van der Waals surface area contributed by atoms with Gasteiger partial charge < -0.3 is 0 Å². The van der Waals surface area contributed by atoms with Crippen molar-refractivity contribution in [1.82, 2.24) is 0 Å². The van der Waals surface area contributed by atoms with Crippen LogP contribution in [-0.4, -0.2) is 8.96 Å². The Kier molecular flexibility index (Phi) is 1.83. The second-order valence-electron chi connectivity index (χ2n) is 5.32. The van der Waals surface area contributed by atoms with Crippen molar-refractivity contribution in [2.75, 3.05) is 0 Å². The number of hydrogen-bond donors (Lipinski definition) is 0. The first-order valence-electron chi connectivity index (χ1n) is 5.26. The lowest BCUT2D eigenvalue weighted by atomic mass is 9.56. The molecular weight excluding hydrogens is 204 g/mol. The molecule has 0 amide bonds. The standard InChI is InChI=1S/C10H15ClOS/c11-13(12)10-4-7-1-8(5-10)3-9(2-7)6-10/h7-9H,1-6H2/t7?,8?,9?,10?,13-/m0/s1. The van der Waals surface area contributed by atoms with Gasteiger partial charge in [-0.1, -0.05) is 0 Å². The predicted molar refractivity (Wildman–Crippen MR) is 54.9 cm³/mol. The Labute approximate surface area is 86.2 Å². The molecule has 0 radical (unpaired) electrons. The minimum absolute atomic E-state index is 0.0380. The Balaban J connectivity index is 1.95. The second kappa shape index (κ2) is 2.73. The van der Waals surface area contributed by atoms with Gasteiger partial charge in [0.25, 0.3) is 0 Å². The topological polar surface area (TPSA) is 17.1 Å². The highest BCUT2D eigenvalue weighted by atomic mass is 35.7. The number of hydrogen-bond acceptors (Lipinski definition) is 1. The highest BCUT2D eigenvalue weighted by Crippen LogP contribution is 2.58. The van der Waals surface area contributed by atoms with Gasteiger partial charge in [-0.25, -0.2) is 4.21 Å². The third-order valence-corrected chi connectivity index (χ3v) is 6.49. The fraction of sp³-hybridized carbons (Fsp3) is 1.00. The lowest BCUT2D eigenvalue weighted by molar-refractivity contribution is 0.0368. The summed E-state index contributed by atoms with van der Waals surface area (Å²) in [6.07, 6.45) is 7.63. The lowest BCUT2D eigenvalue weighted by Gasteiger charge is -2.55. The summed E-state index contributed by atoms with van der Waals surface area (Å²) in [7, 11) is 4.77. The molecule has 0 unspecified atom stereocenters. The molecule has 4 aliphatic carbocycles. The summed E-state index contributed by atoms with van der Waals surface area (Å²) in [6, 6.07) is 0. The van der Waals surface area contributed by atoms with E-state index in [1.807, 2.05) is 0 Å². The Morgan fingerprint density at radius 1 is 1.00 bits per heavy atom. The van der Waals surface area contributed by atoms with Crippen molar-refractivity contribution in [2.45, 2.75) is 43.3 Å². The normalized spacial score (nSPS) is 55.3. The second-order valence-corrected chi connectivity index (χ2v) is 7.48. The van der Waals surface area contributed by atoms with E-state index in [1.54, 1.807) is 0 Å². The van der Waals surface area contributed by atoms with E-state index in [4.69, 9.17) is 10.7 Å². The molecule has 1 atom stereocenters. The molecule has 4 rings (SSSR count). The smallest absolute Gasteiger partial charge is 0.121 e. The van der Waals surface area contributed by atoms with Crippen molar-refractivity contribution in [3.63, 3.8) is 0 Å². The van der Waals surface area contributed by atoms with Crippen molar-refractivity contribution < 1.29 is 4.21 Å². The van der Waals surface area contributed by atoms with Gasteiger partial charge in [0.1, 0.15) is 10.0 Å². The molecule has 0 aromatic rings. The fourth-order valence-electron chi connectivity index (χ4n) is 4.23. The zero-order chi connectivity index (χ0) is 9.05. The highest BCUT2D eigenvalue weighted by Gasteiger charge is 2.53. The van der Waals surface area contributed by atoms with Crippen LogP contribution in [0.25, 0.3) is 0 Å². The van der Waals surface area contributed by atoms with Gasteiger partial charge in [0.2, 0.25) is 0 Å². The average Bonchev–Trinajstić information content (AvgIpc) is 2.00. The third kappa shape index (κ3) is 1.21. The van der Waals surface area contributed by atoms with Gasteiger partial charge in [0.05, 0.1) is 4.75 Å². The number of halogens is 1. The monoisotopic (exact) mass is 218 g/mol. The van der Waals surface area contributed by atoms with Crippen molar-refractivity contribution >= 4 is 20.7 Å². The van der Waals surface area contributed by atoms with Gasteiger partial charge >= 0.3 is 0 Å². The predicted octanol–water partition coefficient (Wildman–Crippen LogP) is 2.86. The Morgan fingerprint density at radius 3 is 1.69 bits per heavy atom. The summed E-state index contributed by atoms with van der Waals surface area (Å²) >= 11 is 0. The third-order valence-electron chi connectivity index (χ3n) is 4.32. The van der Waals surface area contributed by atoms with Gasteiger partial charge in [-0.05, 0) is 67.0 Å². The minimum atomic E-state index is -1.10. The van der Waals surface area contributed by atoms with E-state index >= 15 is 0 Å². The SMILES string of the molecule is O=[S@](Cl)C12CC3CC(CC(C3)C1)C2. The molecular formula is C10H15ClOS. The Bertz CT molecular complexity index is 228. The van der Waals surface area contributed by atoms with E-state index < -0.39 is 10.0 Å². The summed E-state index contributed by atoms with van der Waals surface area (Å²) < 4.78 is 11.6. The molecule has 13 heavy (non-hydrogen) atoms. The van der Waals surface area contributed by atoms with Gasteiger partial charge in [0.15, 0.2) is 0 Å². The van der Waals surface area contributed by atoms with Gasteiger partial charge in [0, 0.05) is 0 Å². The van der Waals surface area contributed by atoms with Crippen molar-refractivity contribution in [2.24, 2.45) is 17.8 Å². The molecule has 74 valence electrons. The molecule has 0 heterocycles. The molecule has 0 saturated heterocycles. The summed E-state index contributed by atoms with van der Waals surface area (Å²) in [5.74, 6) is 2.57. The van der Waals surface area contributed by atoms with Gasteiger partial charge in [-0.15, -0.1) is 0 Å². The first kappa shape index (κ1) is 8.72. The lowest BCUT2D eigenvalue weighted by Crippen LogP contribution is -2.51. The summed E-state index contributed by atoms with van der Waals surface area (Å²) in [5.41, 5.74) is 0. The largest absolute Gasteiger partial charge is 0.242 e. The van der Waals surface area contributed by atoms with Crippen LogP contribution in [0, 0.1) is 17.8 Å². The molecule has 1 nitrogen and oxygen atoms in total. The molecule has 0 spiro atoms. The van der Waals surface area contributed by atoms with Gasteiger partial charge in [-0.3, -0.25) is 0 Å². The zero-order valence-electron chi connectivity index (χ0n) is 7.67. The maximum Gasteiger partial charge on any atom is 0.121 e. The quantitative estimate of drug-likeness (QED) is 0.619. The maximum absolute atomic E-state index is 11.6. The summed E-state index contributed by atoms with van der Waals surface area (Å²) in [4.78, 5) is 0. The van der Waals surface area contributed by atoms with Crippen LogP contribution in [0.15, 0.2) is 0 Å². The van der Waals surface area contributed by atoms with E-state index in [9.17, 15) is 4.21 Å². The maximum atomic E-state index is 11.6. The molecule has 4 aliphatic rings. The van der Waals surface area contributed by atoms with Crippen molar-refractivity contribution in [3.8, 4) is 0 Å². The highest BCUT2D eigenvalue weighted by molar-refractivity contribution is 8.09. The van der Waals surface area contributed by atoms with Gasteiger partial charge in [-0.2, -0.15) is 0 Å². The first-order valence-corrected chi connectivity index (χ1v) is 7.24. The van der Waals surface area contributed by atoms with E-state index in [2.05, 4.69) is 0 Å². The van der Waals surface area contributed by atoms with Crippen LogP contribution in [0.5, 0.6) is 0 Å². The Hall–Kier alpha value is 0.440. The molecule has 3 heteroatoms. The fourth-order valence-corrected chi connectivity index (χ4v) is 5.89. The summed E-state index contributed by atoms with van der Waals surface area (Å²) in [6.45, 7) is 0. The van der Waals surface area contributed by atoms with Crippen molar-refractivity contribution in [1.29, 1.82) is 0 Å². The van der Waals surface area contributed by atoms with Crippen LogP contribution in [0.1, 0.15) is 38.5 Å². The van der Waals surface area contributed by atoms with E-state index in [1.165, 1.54) is 19.3 Å². The molecule has 0 aliphatic heterocycles. The van der Waals surface area contributed by atoms with Crippen LogP contribution < -0.4 is 0 Å². The molecule has 4 bridgehead atoms. The van der Waals surface area contributed by atoms with E-state index in [0.717, 1.165) is 37.0 Å². The molecule has 4 fully saturated rings. The van der Waals surface area contributed by atoms with Crippen LogP contribution in [-0.2, 0) is 10.0 Å². The minimum Gasteiger partial charge on any atom is -0.242 e. The molecule has 0 aromatic heterocycles. The summed E-state index contributed by atoms with van der Waals surface area (Å²) in [5, 5.41) is 0.